The second-order valence-electron chi connectivity index (χ2n) is 15.9. The van der Waals surface area contributed by atoms with E-state index in [1.54, 1.807) is 0 Å². The number of carbonyl (C=O) groups excluding carboxylic acids is 1. The maximum atomic E-state index is 13.9. The molecule has 312 valence electrons. The largest absolute Gasteiger partial charge is 0.457 e. The summed E-state index contributed by atoms with van der Waals surface area (Å²) in [6.45, 7) is 3.52. The van der Waals surface area contributed by atoms with Gasteiger partial charge in [-0.2, -0.15) is 10.2 Å². The fourth-order valence-electron chi connectivity index (χ4n) is 8.74. The third kappa shape index (κ3) is 7.85. The van der Waals surface area contributed by atoms with Crippen LogP contribution in [0, 0.1) is 0 Å². The first-order valence-corrected chi connectivity index (χ1v) is 21.1. The monoisotopic (exact) mass is 826 g/mol. The molecular weight excluding hydrogens is 781 g/mol. The van der Waals surface area contributed by atoms with Gasteiger partial charge in [-0.05, 0) is 105 Å². The number of nitrogen functional groups attached to an aromatic ring is 2. The molecule has 0 aliphatic carbocycles. The minimum absolute atomic E-state index is 0.0498. The lowest BCUT2D eigenvalue weighted by Gasteiger charge is -2.35. The number of fused-ring (bicyclic) bond motifs is 2. The summed E-state index contributed by atoms with van der Waals surface area (Å²) in [7, 11) is 0. The summed E-state index contributed by atoms with van der Waals surface area (Å²) in [6.07, 6.45) is 7.00. The summed E-state index contributed by atoms with van der Waals surface area (Å²) in [5, 5.41) is 11.6. The number of benzene rings is 4. The number of anilines is 2. The van der Waals surface area contributed by atoms with E-state index in [2.05, 4.69) is 24.8 Å². The molecule has 2 saturated heterocycles. The molecule has 10 rings (SSSR count). The fraction of sp³-hybridized carbons (Fsp3) is 0.255. The molecule has 2 fully saturated rings. The topological polar surface area (TPSA) is 181 Å². The molecule has 0 radical (unpaired) electrons. The molecule has 2 aliphatic rings. The number of piperidine rings is 2. The van der Waals surface area contributed by atoms with Crippen LogP contribution in [0.2, 0.25) is 0 Å². The molecule has 2 atom stereocenters. The number of rotatable bonds is 11. The number of hydrogen-bond acceptors (Lipinski definition) is 12. The minimum atomic E-state index is -0.0670. The second-order valence-corrected chi connectivity index (χ2v) is 15.9. The predicted octanol–water partition coefficient (Wildman–Crippen LogP) is 7.94. The van der Waals surface area contributed by atoms with E-state index in [9.17, 15) is 4.79 Å². The summed E-state index contributed by atoms with van der Waals surface area (Å²) < 4.78 is 16.0. The highest BCUT2D eigenvalue weighted by molar-refractivity contribution is 5.99. The second kappa shape index (κ2) is 16.9. The average molecular weight is 827 g/mol. The van der Waals surface area contributed by atoms with E-state index in [4.69, 9.17) is 31.1 Å². The summed E-state index contributed by atoms with van der Waals surface area (Å²) >= 11 is 0. The molecule has 8 aromatic rings. The maximum Gasteiger partial charge on any atom is 0.223 e. The zero-order valence-electron chi connectivity index (χ0n) is 34.1. The summed E-state index contributed by atoms with van der Waals surface area (Å²) in [5.74, 6) is 3.85. The van der Waals surface area contributed by atoms with Gasteiger partial charge >= 0.3 is 0 Å². The van der Waals surface area contributed by atoms with Crippen molar-refractivity contribution in [3.8, 4) is 45.5 Å². The Kier molecular flexibility index (Phi) is 10.6. The Labute approximate surface area is 357 Å². The van der Waals surface area contributed by atoms with Gasteiger partial charge in [-0.25, -0.2) is 29.3 Å². The molecule has 4 N–H and O–H groups in total. The van der Waals surface area contributed by atoms with Gasteiger partial charge in [0, 0.05) is 43.7 Å². The van der Waals surface area contributed by atoms with Gasteiger partial charge in [-0.15, -0.1) is 0 Å². The van der Waals surface area contributed by atoms with Gasteiger partial charge < -0.3 is 30.7 Å². The van der Waals surface area contributed by atoms with Crippen molar-refractivity contribution in [3.05, 3.63) is 122 Å². The van der Waals surface area contributed by atoms with Crippen LogP contribution in [0.3, 0.4) is 0 Å². The number of carbonyl (C=O) groups is 1. The van der Waals surface area contributed by atoms with E-state index in [0.717, 1.165) is 78.2 Å². The number of nitrogens with two attached hydrogens (primary N) is 2. The van der Waals surface area contributed by atoms with Gasteiger partial charge in [0.05, 0.1) is 22.9 Å². The van der Waals surface area contributed by atoms with Crippen molar-refractivity contribution in [2.45, 2.75) is 44.2 Å². The van der Waals surface area contributed by atoms with Crippen molar-refractivity contribution in [1.29, 1.82) is 0 Å². The summed E-state index contributed by atoms with van der Waals surface area (Å²) in [5.41, 5.74) is 17.5. The molecule has 2 unspecified atom stereocenters. The molecule has 0 bridgehead atoms. The maximum absolute atomic E-state index is 13.9. The standard InChI is InChI=1S/C47H46N12O3/c48-44-40-42(31-15-19-37(20-16-31)61-35-11-3-1-4-12-35)54-58(46(40)52-29-50-44)33-9-7-24-56(27-33)26-23-39(60)57-25-8-10-34(28-57)59-47-41(45(49)51-30-53-47)43(55-59)32-17-21-38(22-18-32)62-36-13-5-2-6-14-36/h1-6,11-22,29-30,33-34H,7-10,23-28H2,(H2,48,50,52)(H2,49,51,53). The average Bonchev–Trinajstić information content (AvgIpc) is 3.91. The number of aromatic nitrogens is 8. The number of para-hydroxylation sites is 2. The smallest absolute Gasteiger partial charge is 0.223 e. The van der Waals surface area contributed by atoms with Gasteiger partial charge in [0.2, 0.25) is 5.91 Å². The SMILES string of the molecule is Nc1ncnc2c1c(-c1ccc(Oc3ccccc3)cc1)nn2C1CCCN(CCC(=O)N2CCCC(n3nc(-c4ccc(Oc5ccccc5)cc4)c4c(N)ncnc43)C2)C1. The van der Waals surface area contributed by atoms with Crippen molar-refractivity contribution in [3.63, 3.8) is 0 Å². The lowest BCUT2D eigenvalue weighted by atomic mass is 10.0. The fourth-order valence-corrected chi connectivity index (χ4v) is 8.74. The normalized spacial score (nSPS) is 17.1. The Balaban J connectivity index is 0.812. The van der Waals surface area contributed by atoms with Gasteiger partial charge in [0.15, 0.2) is 11.3 Å². The zero-order chi connectivity index (χ0) is 42.0. The number of amides is 1. The van der Waals surface area contributed by atoms with E-state index in [0.29, 0.717) is 65.8 Å². The first kappa shape index (κ1) is 38.8. The van der Waals surface area contributed by atoms with Gasteiger partial charge in [0.25, 0.3) is 0 Å². The van der Waals surface area contributed by atoms with E-state index >= 15 is 0 Å². The third-order valence-electron chi connectivity index (χ3n) is 11.8. The van der Waals surface area contributed by atoms with Gasteiger partial charge in [-0.3, -0.25) is 4.79 Å². The molecule has 4 aromatic carbocycles. The van der Waals surface area contributed by atoms with Crippen LogP contribution in [0.25, 0.3) is 44.6 Å². The lowest BCUT2D eigenvalue weighted by Crippen LogP contribution is -2.43. The molecule has 15 nitrogen and oxygen atoms in total. The molecule has 0 saturated carbocycles. The number of ether oxygens (including phenoxy) is 2. The predicted molar refractivity (Wildman–Crippen MR) is 238 cm³/mol. The van der Waals surface area contributed by atoms with Crippen molar-refractivity contribution in [2.75, 3.05) is 44.2 Å². The van der Waals surface area contributed by atoms with Crippen LogP contribution in [-0.4, -0.2) is 87.9 Å². The van der Waals surface area contributed by atoms with Gasteiger partial charge in [0.1, 0.15) is 58.7 Å². The lowest BCUT2D eigenvalue weighted by molar-refractivity contribution is -0.133. The Morgan fingerprint density at radius 1 is 0.581 bits per heavy atom. The Morgan fingerprint density at radius 3 is 1.56 bits per heavy atom. The van der Waals surface area contributed by atoms with Crippen molar-refractivity contribution >= 4 is 39.6 Å². The third-order valence-corrected chi connectivity index (χ3v) is 11.8. The molecular formula is C47H46N12O3. The van der Waals surface area contributed by atoms with E-state index in [1.807, 2.05) is 123 Å². The van der Waals surface area contributed by atoms with Gasteiger partial charge in [-0.1, -0.05) is 36.4 Å². The number of likely N-dealkylation sites (tertiary alicyclic amines) is 2. The molecule has 15 heteroatoms. The molecule has 62 heavy (non-hydrogen) atoms. The highest BCUT2D eigenvalue weighted by atomic mass is 16.5. The number of nitrogens with zero attached hydrogens (tertiary/aromatic N) is 10. The van der Waals surface area contributed by atoms with Crippen LogP contribution in [0.5, 0.6) is 23.0 Å². The summed E-state index contributed by atoms with van der Waals surface area (Å²) in [6, 6.07) is 34.9. The van der Waals surface area contributed by atoms with Crippen molar-refractivity contribution in [2.24, 2.45) is 0 Å². The van der Waals surface area contributed by atoms with E-state index < -0.39 is 0 Å². The molecule has 2 aliphatic heterocycles. The first-order chi connectivity index (χ1) is 30.4. The van der Waals surface area contributed by atoms with Crippen LogP contribution in [0.4, 0.5) is 11.6 Å². The van der Waals surface area contributed by atoms with Crippen LogP contribution in [0.15, 0.2) is 122 Å². The highest BCUT2D eigenvalue weighted by Crippen LogP contribution is 2.37. The Morgan fingerprint density at radius 2 is 1.05 bits per heavy atom. The zero-order valence-corrected chi connectivity index (χ0v) is 34.1. The van der Waals surface area contributed by atoms with Crippen LogP contribution in [0.1, 0.15) is 44.2 Å². The van der Waals surface area contributed by atoms with Crippen molar-refractivity contribution in [1.82, 2.24) is 49.3 Å². The molecule has 4 aromatic heterocycles. The quantitative estimate of drug-likeness (QED) is 0.129. The Hall–Kier alpha value is -7.39. The van der Waals surface area contributed by atoms with Crippen LogP contribution >= 0.6 is 0 Å². The van der Waals surface area contributed by atoms with Crippen LogP contribution < -0.4 is 20.9 Å². The summed E-state index contributed by atoms with van der Waals surface area (Å²) in [4.78, 5) is 36.2. The van der Waals surface area contributed by atoms with E-state index in [1.165, 1.54) is 12.7 Å². The van der Waals surface area contributed by atoms with E-state index in [-0.39, 0.29) is 18.0 Å². The minimum Gasteiger partial charge on any atom is -0.457 e. The highest BCUT2D eigenvalue weighted by Gasteiger charge is 2.31. The number of hydrogen-bond donors (Lipinski definition) is 2. The molecule has 0 spiro atoms. The first-order valence-electron chi connectivity index (χ1n) is 21.1. The molecule has 1 amide bonds. The van der Waals surface area contributed by atoms with Crippen molar-refractivity contribution < 1.29 is 14.3 Å². The Bertz CT molecular complexity index is 2830. The van der Waals surface area contributed by atoms with Crippen LogP contribution in [-0.2, 0) is 4.79 Å². The molecule has 6 heterocycles.